The van der Waals surface area contributed by atoms with Crippen LogP contribution in [0.1, 0.15) is 52.2 Å². The Morgan fingerprint density at radius 1 is 0.976 bits per heavy atom. The largest absolute Gasteiger partial charge is 0.493 e. The van der Waals surface area contributed by atoms with Crippen LogP contribution in [0.4, 0.5) is 0 Å². The van der Waals surface area contributed by atoms with Crippen LogP contribution in [-0.2, 0) is 9.59 Å². The Hall–Kier alpha value is -4.79. The van der Waals surface area contributed by atoms with Gasteiger partial charge in [0.25, 0.3) is 0 Å². The summed E-state index contributed by atoms with van der Waals surface area (Å²) in [5.74, 6) is 1.72. The maximum absolute atomic E-state index is 13.4. The molecule has 0 radical (unpaired) electrons. The fourth-order valence-electron chi connectivity index (χ4n) is 5.57. The van der Waals surface area contributed by atoms with Crippen LogP contribution in [0, 0.1) is 0 Å². The van der Waals surface area contributed by atoms with E-state index in [1.165, 1.54) is 7.11 Å². The summed E-state index contributed by atoms with van der Waals surface area (Å²) in [6, 6.07) is 16.1. The number of fused-ring (bicyclic) bond motifs is 3. The van der Waals surface area contributed by atoms with E-state index in [0.29, 0.717) is 65.0 Å². The molecule has 0 saturated carbocycles. The minimum atomic E-state index is -0.379. The minimum absolute atomic E-state index is 0.0982. The number of Topliss-reactive ketones (excluding diaryl/α,β-unsaturated/α-hetero) is 1. The van der Waals surface area contributed by atoms with Crippen molar-refractivity contribution in [2.45, 2.75) is 25.2 Å². The third kappa shape index (κ3) is 4.99. The van der Waals surface area contributed by atoms with Crippen LogP contribution in [0.15, 0.2) is 60.4 Å². The predicted molar refractivity (Wildman–Crippen MR) is 149 cm³/mol. The van der Waals surface area contributed by atoms with E-state index < -0.39 is 0 Å². The molecule has 0 aliphatic carbocycles. The number of allylic oxidation sites excluding steroid dienone is 1. The Kier molecular flexibility index (Phi) is 7.09. The van der Waals surface area contributed by atoms with Gasteiger partial charge in [0.05, 0.1) is 32.7 Å². The van der Waals surface area contributed by atoms with Gasteiger partial charge in [-0.1, -0.05) is 24.3 Å². The summed E-state index contributed by atoms with van der Waals surface area (Å²) >= 11 is 0. The molecule has 9 heteroatoms. The van der Waals surface area contributed by atoms with E-state index in [1.54, 1.807) is 43.5 Å². The number of hydrogen-bond acceptors (Lipinski definition) is 8. The van der Waals surface area contributed by atoms with Crippen molar-refractivity contribution >= 4 is 23.7 Å². The molecule has 0 bridgehead atoms. The normalized spacial score (nSPS) is 18.6. The van der Waals surface area contributed by atoms with Crippen molar-refractivity contribution in [3.05, 3.63) is 82.6 Å². The lowest BCUT2D eigenvalue weighted by Crippen LogP contribution is -2.29. The van der Waals surface area contributed by atoms with Crippen molar-refractivity contribution < 1.29 is 38.1 Å². The van der Waals surface area contributed by atoms with E-state index in [2.05, 4.69) is 0 Å². The van der Waals surface area contributed by atoms with Gasteiger partial charge in [-0.05, 0) is 48.4 Å². The van der Waals surface area contributed by atoms with Gasteiger partial charge in [0.1, 0.15) is 23.9 Å². The zero-order chi connectivity index (χ0) is 28.5. The first kappa shape index (κ1) is 26.4. The lowest BCUT2D eigenvalue weighted by atomic mass is 9.84. The van der Waals surface area contributed by atoms with Gasteiger partial charge in [-0.25, -0.2) is 0 Å². The van der Waals surface area contributed by atoms with Crippen molar-refractivity contribution in [2.24, 2.45) is 0 Å². The lowest BCUT2D eigenvalue weighted by Gasteiger charge is -2.26. The summed E-state index contributed by atoms with van der Waals surface area (Å²) in [5, 5.41) is 0. The number of para-hydroxylation sites is 1. The highest BCUT2D eigenvalue weighted by Gasteiger charge is 2.38. The van der Waals surface area contributed by atoms with E-state index in [0.717, 1.165) is 18.5 Å². The summed E-state index contributed by atoms with van der Waals surface area (Å²) in [5.41, 5.74) is 2.54. The zero-order valence-electron chi connectivity index (χ0n) is 22.8. The third-order valence-corrected chi connectivity index (χ3v) is 7.58. The fourth-order valence-corrected chi connectivity index (χ4v) is 5.57. The van der Waals surface area contributed by atoms with Crippen LogP contribution in [-0.4, -0.2) is 56.5 Å². The second kappa shape index (κ2) is 11.0. The first-order valence-corrected chi connectivity index (χ1v) is 13.5. The summed E-state index contributed by atoms with van der Waals surface area (Å²) in [6.07, 6.45) is 3.22. The predicted octanol–water partition coefficient (Wildman–Crippen LogP) is 4.76. The van der Waals surface area contributed by atoms with E-state index >= 15 is 0 Å². The van der Waals surface area contributed by atoms with Gasteiger partial charge in [-0.15, -0.1) is 0 Å². The maximum atomic E-state index is 13.4. The Labute approximate surface area is 237 Å². The van der Waals surface area contributed by atoms with Gasteiger partial charge in [0.2, 0.25) is 11.7 Å². The highest BCUT2D eigenvalue weighted by atomic mass is 16.5. The standard InChI is InChI=1S/C32H29NO8/c1-37-25-6-3-5-20(31(25)38-2)17-26-30(36)22-12-13-24-29(32(22)41-26)23(18-28(35)40-24)19-8-10-21(11-9-19)39-16-15-33-14-4-7-27(33)34/h3,5-6,8-13,17,23H,4,7,14-16,18H2,1-2H3. The van der Waals surface area contributed by atoms with Gasteiger partial charge in [0, 0.05) is 30.0 Å². The number of benzene rings is 3. The number of rotatable bonds is 8. The highest BCUT2D eigenvalue weighted by Crippen LogP contribution is 2.49. The summed E-state index contributed by atoms with van der Waals surface area (Å²) < 4.78 is 28.5. The van der Waals surface area contributed by atoms with Gasteiger partial charge >= 0.3 is 5.97 Å². The SMILES string of the molecule is COc1cccc(C=C2Oc3c(ccc4c3C(c3ccc(OCCN5CCCC5=O)cc3)CC(=O)O4)C2=O)c1OC. The van der Waals surface area contributed by atoms with Gasteiger partial charge in [-0.2, -0.15) is 0 Å². The molecule has 0 aromatic heterocycles. The molecule has 3 aromatic carbocycles. The average molecular weight is 556 g/mol. The van der Waals surface area contributed by atoms with Crippen LogP contribution < -0.4 is 23.7 Å². The van der Waals surface area contributed by atoms with Crippen molar-refractivity contribution in [1.82, 2.24) is 4.90 Å². The van der Waals surface area contributed by atoms with Gasteiger partial charge in [-0.3, -0.25) is 14.4 Å². The molecular formula is C32H29NO8. The van der Waals surface area contributed by atoms with E-state index in [4.69, 9.17) is 23.7 Å². The van der Waals surface area contributed by atoms with E-state index in [9.17, 15) is 14.4 Å². The van der Waals surface area contributed by atoms with Crippen molar-refractivity contribution in [2.75, 3.05) is 33.9 Å². The maximum Gasteiger partial charge on any atom is 0.312 e. The van der Waals surface area contributed by atoms with E-state index in [1.807, 2.05) is 29.2 Å². The molecule has 1 fully saturated rings. The third-order valence-electron chi connectivity index (χ3n) is 7.58. The molecule has 0 N–H and O–H groups in total. The topological polar surface area (TPSA) is 101 Å². The van der Waals surface area contributed by atoms with Crippen molar-refractivity contribution in [1.29, 1.82) is 0 Å². The number of ketones is 1. The highest BCUT2D eigenvalue weighted by molar-refractivity contribution is 6.15. The smallest absolute Gasteiger partial charge is 0.312 e. The minimum Gasteiger partial charge on any atom is -0.493 e. The molecule has 3 aliphatic rings. The number of carbonyl (C=O) groups excluding carboxylic acids is 3. The number of likely N-dealkylation sites (tertiary alicyclic amines) is 1. The molecule has 1 amide bonds. The van der Waals surface area contributed by atoms with Crippen LogP contribution >= 0.6 is 0 Å². The molecule has 1 atom stereocenters. The molecule has 3 aliphatic heterocycles. The molecule has 210 valence electrons. The first-order valence-electron chi connectivity index (χ1n) is 13.5. The Balaban J connectivity index is 1.27. The number of amides is 1. The molecule has 1 saturated heterocycles. The number of carbonyl (C=O) groups is 3. The monoisotopic (exact) mass is 555 g/mol. The van der Waals surface area contributed by atoms with Gasteiger partial charge < -0.3 is 28.6 Å². The molecule has 3 heterocycles. The van der Waals surface area contributed by atoms with Crippen molar-refractivity contribution in [3.63, 3.8) is 0 Å². The summed E-state index contributed by atoms with van der Waals surface area (Å²) in [6.45, 7) is 1.73. The van der Waals surface area contributed by atoms with E-state index in [-0.39, 0.29) is 35.8 Å². The molecule has 9 nitrogen and oxygen atoms in total. The Bertz CT molecular complexity index is 1560. The molecule has 0 spiro atoms. The first-order chi connectivity index (χ1) is 20.0. The fraction of sp³-hybridized carbons (Fsp3) is 0.281. The average Bonchev–Trinajstić information content (AvgIpc) is 3.54. The summed E-state index contributed by atoms with van der Waals surface area (Å²) in [4.78, 5) is 39.6. The van der Waals surface area contributed by atoms with Gasteiger partial charge in [0.15, 0.2) is 17.3 Å². The van der Waals surface area contributed by atoms with Crippen molar-refractivity contribution in [3.8, 4) is 28.7 Å². The van der Waals surface area contributed by atoms with Crippen LogP contribution in [0.5, 0.6) is 28.7 Å². The second-order valence-electron chi connectivity index (χ2n) is 10.0. The Morgan fingerprint density at radius 2 is 1.80 bits per heavy atom. The number of ether oxygens (including phenoxy) is 5. The molecule has 3 aromatic rings. The van der Waals surface area contributed by atoms with Crippen LogP contribution in [0.2, 0.25) is 0 Å². The molecule has 1 unspecified atom stereocenters. The zero-order valence-corrected chi connectivity index (χ0v) is 22.8. The number of esters is 1. The summed E-state index contributed by atoms with van der Waals surface area (Å²) in [7, 11) is 3.08. The quantitative estimate of drug-likeness (QED) is 0.223. The molecule has 6 rings (SSSR count). The Morgan fingerprint density at radius 3 is 2.54 bits per heavy atom. The number of nitrogens with zero attached hydrogens (tertiary/aromatic N) is 1. The lowest BCUT2D eigenvalue weighted by molar-refractivity contribution is -0.135. The van der Waals surface area contributed by atoms with Crippen LogP contribution in [0.3, 0.4) is 0 Å². The second-order valence-corrected chi connectivity index (χ2v) is 10.0. The number of methoxy groups -OCH3 is 2. The number of hydrogen-bond donors (Lipinski definition) is 0. The molecule has 41 heavy (non-hydrogen) atoms. The molecular weight excluding hydrogens is 526 g/mol. The van der Waals surface area contributed by atoms with Crippen LogP contribution in [0.25, 0.3) is 6.08 Å².